The van der Waals surface area contributed by atoms with Gasteiger partial charge in [-0.25, -0.2) is 9.50 Å². The number of hydrogen-bond donors (Lipinski definition) is 0. The van der Waals surface area contributed by atoms with Crippen LogP contribution < -0.4 is 0 Å². The van der Waals surface area contributed by atoms with Gasteiger partial charge in [0.05, 0.1) is 23.8 Å². The van der Waals surface area contributed by atoms with Crippen molar-refractivity contribution in [3.63, 3.8) is 0 Å². The maximum atomic E-state index is 12.5. The highest BCUT2D eigenvalue weighted by Crippen LogP contribution is 2.15. The first kappa shape index (κ1) is 12.8. The third-order valence-electron chi connectivity index (χ3n) is 3.10. The second-order valence-electron chi connectivity index (χ2n) is 4.68. The minimum atomic E-state index is -0.0425. The van der Waals surface area contributed by atoms with Gasteiger partial charge in [-0.1, -0.05) is 6.07 Å². The standard InChI is InChI=1S/C14H14N4OS/c1-10-3-4-12-11(7-16-18(12)8-10)14(19)17(2)9-13-15-5-6-20-13/h3-8H,9H2,1-2H3. The zero-order chi connectivity index (χ0) is 14.1. The number of nitrogens with zero attached hydrogens (tertiary/aromatic N) is 4. The quantitative estimate of drug-likeness (QED) is 0.742. The monoisotopic (exact) mass is 286 g/mol. The minimum Gasteiger partial charge on any atom is -0.335 e. The lowest BCUT2D eigenvalue weighted by molar-refractivity contribution is 0.0787. The van der Waals surface area contributed by atoms with Crippen LogP contribution in [-0.4, -0.2) is 32.5 Å². The molecule has 0 unspecified atom stereocenters. The van der Waals surface area contributed by atoms with Crippen LogP contribution in [0.2, 0.25) is 0 Å². The maximum absolute atomic E-state index is 12.5. The van der Waals surface area contributed by atoms with Gasteiger partial charge in [0.2, 0.25) is 0 Å². The highest BCUT2D eigenvalue weighted by atomic mass is 32.1. The Hall–Kier alpha value is -2.21. The lowest BCUT2D eigenvalue weighted by Gasteiger charge is -2.14. The van der Waals surface area contributed by atoms with Gasteiger partial charge in [0.1, 0.15) is 5.01 Å². The fourth-order valence-electron chi connectivity index (χ4n) is 2.06. The van der Waals surface area contributed by atoms with E-state index in [9.17, 15) is 4.79 Å². The van der Waals surface area contributed by atoms with E-state index < -0.39 is 0 Å². The second-order valence-corrected chi connectivity index (χ2v) is 5.66. The van der Waals surface area contributed by atoms with E-state index in [0.717, 1.165) is 16.1 Å². The van der Waals surface area contributed by atoms with Gasteiger partial charge in [-0.3, -0.25) is 4.79 Å². The zero-order valence-corrected chi connectivity index (χ0v) is 12.1. The van der Waals surface area contributed by atoms with Crippen LogP contribution in [0.15, 0.2) is 36.1 Å². The van der Waals surface area contributed by atoms with Crippen LogP contribution >= 0.6 is 11.3 Å². The Morgan fingerprint density at radius 1 is 1.45 bits per heavy atom. The summed E-state index contributed by atoms with van der Waals surface area (Å²) in [6, 6.07) is 3.90. The number of carbonyl (C=O) groups is 1. The molecule has 0 atom stereocenters. The van der Waals surface area contributed by atoms with Gasteiger partial charge in [-0.05, 0) is 18.6 Å². The van der Waals surface area contributed by atoms with Crippen LogP contribution in [0.25, 0.3) is 5.52 Å². The van der Waals surface area contributed by atoms with E-state index >= 15 is 0 Å². The van der Waals surface area contributed by atoms with Gasteiger partial charge in [-0.2, -0.15) is 5.10 Å². The van der Waals surface area contributed by atoms with E-state index in [1.807, 2.05) is 30.6 Å². The molecular formula is C14H14N4OS. The Kier molecular flexibility index (Phi) is 3.23. The zero-order valence-electron chi connectivity index (χ0n) is 11.3. The summed E-state index contributed by atoms with van der Waals surface area (Å²) >= 11 is 1.55. The largest absolute Gasteiger partial charge is 0.335 e. The van der Waals surface area contributed by atoms with Crippen molar-refractivity contribution in [2.24, 2.45) is 0 Å². The lowest BCUT2D eigenvalue weighted by Crippen LogP contribution is -2.26. The summed E-state index contributed by atoms with van der Waals surface area (Å²) in [7, 11) is 1.78. The fraction of sp³-hybridized carbons (Fsp3) is 0.214. The van der Waals surface area contributed by atoms with Crippen LogP contribution in [-0.2, 0) is 6.54 Å². The number of thiazole rings is 1. The Morgan fingerprint density at radius 2 is 2.30 bits per heavy atom. The number of aryl methyl sites for hydroxylation is 1. The molecule has 0 radical (unpaired) electrons. The predicted octanol–water partition coefficient (Wildman–Crippen LogP) is 2.37. The van der Waals surface area contributed by atoms with E-state index in [0.29, 0.717) is 12.1 Å². The van der Waals surface area contributed by atoms with Crippen LogP contribution in [0, 0.1) is 6.92 Å². The highest BCUT2D eigenvalue weighted by Gasteiger charge is 2.17. The first-order chi connectivity index (χ1) is 9.65. The van der Waals surface area contributed by atoms with E-state index in [4.69, 9.17) is 0 Å². The number of pyridine rings is 1. The van der Waals surface area contributed by atoms with Gasteiger partial charge in [0, 0.05) is 24.8 Å². The summed E-state index contributed by atoms with van der Waals surface area (Å²) in [4.78, 5) is 18.3. The summed E-state index contributed by atoms with van der Waals surface area (Å²) in [6.07, 6.45) is 5.28. The van der Waals surface area contributed by atoms with E-state index in [-0.39, 0.29) is 5.91 Å². The number of fused-ring (bicyclic) bond motifs is 1. The molecule has 0 saturated heterocycles. The number of hydrogen-bond acceptors (Lipinski definition) is 4. The van der Waals surface area contributed by atoms with Crippen LogP contribution in [0.4, 0.5) is 0 Å². The van der Waals surface area contributed by atoms with Crippen molar-refractivity contribution in [1.29, 1.82) is 0 Å². The third kappa shape index (κ3) is 2.30. The highest BCUT2D eigenvalue weighted by molar-refractivity contribution is 7.09. The number of rotatable bonds is 3. The summed E-state index contributed by atoms with van der Waals surface area (Å²) in [6.45, 7) is 2.51. The molecule has 0 aliphatic heterocycles. The maximum Gasteiger partial charge on any atom is 0.257 e. The molecule has 0 aromatic carbocycles. The molecule has 1 amide bonds. The molecule has 0 saturated carbocycles. The van der Waals surface area contributed by atoms with Gasteiger partial charge in [-0.15, -0.1) is 11.3 Å². The molecule has 6 heteroatoms. The molecule has 20 heavy (non-hydrogen) atoms. The average molecular weight is 286 g/mol. The van der Waals surface area contributed by atoms with Crippen molar-refractivity contribution in [2.75, 3.05) is 7.05 Å². The van der Waals surface area contributed by atoms with Gasteiger partial charge in [0.25, 0.3) is 5.91 Å². The van der Waals surface area contributed by atoms with Crippen LogP contribution in [0.3, 0.4) is 0 Å². The molecule has 0 N–H and O–H groups in total. The average Bonchev–Trinajstić information content (AvgIpc) is 3.06. The number of carbonyl (C=O) groups excluding carboxylic acids is 1. The molecule has 0 aliphatic rings. The third-order valence-corrected chi connectivity index (χ3v) is 3.86. The summed E-state index contributed by atoms with van der Waals surface area (Å²) in [5, 5.41) is 7.07. The molecule has 5 nitrogen and oxygen atoms in total. The molecule has 0 bridgehead atoms. The van der Waals surface area contributed by atoms with Crippen molar-refractivity contribution in [3.05, 3.63) is 52.2 Å². The van der Waals surface area contributed by atoms with Crippen molar-refractivity contribution in [3.8, 4) is 0 Å². The SMILES string of the molecule is Cc1ccc2c(C(=O)N(C)Cc3nccs3)cnn2c1. The molecule has 102 valence electrons. The Labute approximate surface area is 120 Å². The molecule has 3 heterocycles. The Balaban J connectivity index is 1.88. The number of aromatic nitrogens is 3. The van der Waals surface area contributed by atoms with Crippen LogP contribution in [0.1, 0.15) is 20.9 Å². The molecule has 0 aliphatic carbocycles. The summed E-state index contributed by atoms with van der Waals surface area (Å²) < 4.78 is 1.74. The topological polar surface area (TPSA) is 50.5 Å². The van der Waals surface area contributed by atoms with E-state index in [1.54, 1.807) is 40.2 Å². The summed E-state index contributed by atoms with van der Waals surface area (Å²) in [5.41, 5.74) is 2.55. The van der Waals surface area contributed by atoms with Crippen molar-refractivity contribution in [2.45, 2.75) is 13.5 Å². The molecular weight excluding hydrogens is 272 g/mol. The molecule has 3 aromatic heterocycles. The van der Waals surface area contributed by atoms with Crippen molar-refractivity contribution in [1.82, 2.24) is 19.5 Å². The second kappa shape index (κ2) is 5.05. The van der Waals surface area contributed by atoms with Gasteiger partial charge in [0.15, 0.2) is 0 Å². The lowest BCUT2D eigenvalue weighted by atomic mass is 10.2. The molecule has 3 rings (SSSR count). The smallest absolute Gasteiger partial charge is 0.257 e. The Morgan fingerprint density at radius 3 is 3.05 bits per heavy atom. The fourth-order valence-corrected chi connectivity index (χ4v) is 2.73. The summed E-state index contributed by atoms with van der Waals surface area (Å²) in [5.74, 6) is -0.0425. The van der Waals surface area contributed by atoms with Crippen molar-refractivity contribution >= 4 is 22.8 Å². The molecule has 3 aromatic rings. The van der Waals surface area contributed by atoms with Crippen molar-refractivity contribution < 1.29 is 4.79 Å². The van der Waals surface area contributed by atoms with Gasteiger partial charge < -0.3 is 4.90 Å². The minimum absolute atomic E-state index is 0.0425. The first-order valence-corrected chi connectivity index (χ1v) is 7.11. The van der Waals surface area contributed by atoms with Gasteiger partial charge >= 0.3 is 0 Å². The molecule has 0 fully saturated rings. The predicted molar refractivity (Wildman–Crippen MR) is 77.8 cm³/mol. The molecule has 0 spiro atoms. The van der Waals surface area contributed by atoms with Crippen LogP contribution in [0.5, 0.6) is 0 Å². The number of amides is 1. The first-order valence-electron chi connectivity index (χ1n) is 6.23. The Bertz CT molecular complexity index is 748. The van der Waals surface area contributed by atoms with E-state index in [2.05, 4.69) is 10.1 Å². The van der Waals surface area contributed by atoms with E-state index in [1.165, 1.54) is 0 Å². The normalized spacial score (nSPS) is 10.9.